The molecule has 1 saturated heterocycles. The maximum atomic E-state index is 12.6. The minimum absolute atomic E-state index is 0.158. The Hall–Kier alpha value is -2.89. The lowest BCUT2D eigenvalue weighted by molar-refractivity contribution is -0.278. The summed E-state index contributed by atoms with van der Waals surface area (Å²) in [5, 5.41) is 55.3. The number of nitrogens with two attached hydrogens (primary N) is 1. The second-order valence-electron chi connectivity index (χ2n) is 9.75. The number of carboxylic acid groups (broad SMARTS) is 2. The average Bonchev–Trinajstić information content (AvgIpc) is 2.89. The van der Waals surface area contributed by atoms with E-state index in [1.807, 2.05) is 0 Å². The summed E-state index contributed by atoms with van der Waals surface area (Å²) in [5.74, 6) is -5.77. The monoisotopic (exact) mass is 578 g/mol. The number of carbonyl (C=O) groups is 5. The maximum absolute atomic E-state index is 12.6. The highest BCUT2D eigenvalue weighted by Gasteiger charge is 2.44. The molecule has 0 aromatic carbocycles. The van der Waals surface area contributed by atoms with Gasteiger partial charge in [-0.15, -0.1) is 0 Å². The molecule has 3 unspecified atom stereocenters. The first-order chi connectivity index (χ1) is 18.7. The van der Waals surface area contributed by atoms with E-state index in [1.165, 1.54) is 20.8 Å². The molecular formula is C24H42N4O12. The number of hydrogen-bond acceptors (Lipinski definition) is 11. The van der Waals surface area contributed by atoms with Crippen molar-refractivity contribution in [1.82, 2.24) is 16.0 Å². The number of aliphatic hydroxyl groups excluding tert-OH is 3. The topological polar surface area (TPSA) is 267 Å². The smallest absolute Gasteiger partial charge is 0.326 e. The van der Waals surface area contributed by atoms with E-state index < -0.39 is 91.0 Å². The van der Waals surface area contributed by atoms with Crippen molar-refractivity contribution in [3.8, 4) is 0 Å². The number of aliphatic hydroxyl groups is 3. The van der Waals surface area contributed by atoms with Crippen molar-refractivity contribution in [3.63, 3.8) is 0 Å². The summed E-state index contributed by atoms with van der Waals surface area (Å²) in [6.45, 7) is 3.93. The van der Waals surface area contributed by atoms with Crippen molar-refractivity contribution in [3.05, 3.63) is 0 Å². The number of amides is 3. The van der Waals surface area contributed by atoms with Crippen LogP contribution < -0.4 is 21.7 Å². The van der Waals surface area contributed by atoms with Gasteiger partial charge in [0, 0.05) is 12.3 Å². The highest BCUT2D eigenvalue weighted by Crippen LogP contribution is 2.27. The van der Waals surface area contributed by atoms with Crippen LogP contribution in [0.3, 0.4) is 0 Å². The molecule has 1 aliphatic rings. The van der Waals surface area contributed by atoms with Gasteiger partial charge in [-0.25, -0.2) is 9.59 Å². The predicted octanol–water partition coefficient (Wildman–Crippen LogP) is -2.98. The Morgan fingerprint density at radius 2 is 1.52 bits per heavy atom. The van der Waals surface area contributed by atoms with Crippen LogP contribution in [0.2, 0.25) is 0 Å². The molecule has 0 aromatic heterocycles. The molecule has 9 atom stereocenters. The molecule has 1 rings (SSSR count). The molecule has 10 N–H and O–H groups in total. The third-order valence-corrected chi connectivity index (χ3v) is 6.52. The Morgan fingerprint density at radius 3 is 2.08 bits per heavy atom. The molecule has 0 spiro atoms. The van der Waals surface area contributed by atoms with Crippen molar-refractivity contribution in [1.29, 1.82) is 0 Å². The zero-order chi connectivity index (χ0) is 30.6. The van der Waals surface area contributed by atoms with Gasteiger partial charge in [0.05, 0.1) is 12.7 Å². The lowest BCUT2D eigenvalue weighted by Gasteiger charge is -2.41. The van der Waals surface area contributed by atoms with Gasteiger partial charge in [0.2, 0.25) is 17.7 Å². The highest BCUT2D eigenvalue weighted by molar-refractivity contribution is 5.91. The number of rotatable bonds is 17. The van der Waals surface area contributed by atoms with E-state index in [1.54, 1.807) is 0 Å². The number of nitrogens with one attached hydrogen (secondary N) is 3. The number of carbonyl (C=O) groups excluding carboxylic acids is 3. The third-order valence-electron chi connectivity index (χ3n) is 6.52. The van der Waals surface area contributed by atoms with Crippen LogP contribution in [-0.2, 0) is 33.4 Å². The second kappa shape index (κ2) is 17.0. The zero-order valence-corrected chi connectivity index (χ0v) is 22.8. The van der Waals surface area contributed by atoms with Gasteiger partial charge in [-0.1, -0.05) is 6.92 Å². The summed E-state index contributed by atoms with van der Waals surface area (Å²) in [6.07, 6.45) is -5.61. The lowest BCUT2D eigenvalue weighted by Crippen LogP contribution is -2.58. The molecule has 230 valence electrons. The molecule has 0 aromatic rings. The fourth-order valence-corrected chi connectivity index (χ4v) is 3.96. The molecular weight excluding hydrogens is 536 g/mol. The summed E-state index contributed by atoms with van der Waals surface area (Å²) < 4.78 is 10.7. The quantitative estimate of drug-likeness (QED) is 0.0781. The molecule has 16 heteroatoms. The Balaban J connectivity index is 2.64. The summed E-state index contributed by atoms with van der Waals surface area (Å²) in [6, 6.07) is -3.87. The van der Waals surface area contributed by atoms with Crippen molar-refractivity contribution in [2.75, 3.05) is 13.2 Å². The van der Waals surface area contributed by atoms with Gasteiger partial charge < -0.3 is 56.7 Å². The Labute approximate surface area is 231 Å². The van der Waals surface area contributed by atoms with E-state index in [0.29, 0.717) is 19.4 Å². The molecule has 0 radical (unpaired) electrons. The molecule has 0 bridgehead atoms. The molecule has 3 amide bonds. The standard InChI is InChI=1S/C24H42N4O12/c1-11-19(18(31)16(10-29)40-24(11)38)39-13(3)21(33)26-12(2)20(32)28-15(23(36)37)7-8-17(30)27-14(22(34)35)6-4-5-9-25/h11-16,18-19,24,29,31,38H,4-10,25H2,1-3H3,(H,26,33)(H,27,30)(H,28,32)(H,34,35)(H,36,37)/t11-,12-,13+,14-,15+,16?,18?,19+,24?/m0/s1. The van der Waals surface area contributed by atoms with Crippen LogP contribution in [-0.4, -0.2) is 117 Å². The van der Waals surface area contributed by atoms with Crippen LogP contribution in [0.4, 0.5) is 0 Å². The zero-order valence-electron chi connectivity index (χ0n) is 22.8. The molecule has 1 fully saturated rings. The van der Waals surface area contributed by atoms with Crippen LogP contribution in [0.15, 0.2) is 0 Å². The van der Waals surface area contributed by atoms with E-state index in [9.17, 15) is 49.5 Å². The first kappa shape index (κ1) is 35.1. The lowest BCUT2D eigenvalue weighted by atomic mass is 9.92. The van der Waals surface area contributed by atoms with Gasteiger partial charge in [0.1, 0.15) is 36.4 Å². The number of aliphatic carboxylic acids is 2. The van der Waals surface area contributed by atoms with E-state index in [-0.39, 0.29) is 19.3 Å². The summed E-state index contributed by atoms with van der Waals surface area (Å²) >= 11 is 0. The molecule has 1 aliphatic heterocycles. The minimum atomic E-state index is -1.50. The fraction of sp³-hybridized carbons (Fsp3) is 0.792. The van der Waals surface area contributed by atoms with Crippen LogP contribution >= 0.6 is 0 Å². The normalized spacial score (nSPS) is 25.6. The number of hydrogen-bond donors (Lipinski definition) is 9. The van der Waals surface area contributed by atoms with E-state index >= 15 is 0 Å². The Bertz CT molecular complexity index is 875. The van der Waals surface area contributed by atoms with Gasteiger partial charge in [-0.05, 0) is 46.1 Å². The molecule has 40 heavy (non-hydrogen) atoms. The van der Waals surface area contributed by atoms with Gasteiger partial charge in [-0.3, -0.25) is 14.4 Å². The first-order valence-electron chi connectivity index (χ1n) is 13.1. The molecule has 0 saturated carbocycles. The van der Waals surface area contributed by atoms with Crippen LogP contribution in [0.1, 0.15) is 52.9 Å². The number of carboxylic acids is 2. The SMILES string of the molecule is C[C@H](NC(=O)[C@@H](C)O[C@H]1C(O)C(CO)OC(O)[C@H]1C)C(=O)N[C@H](CCC(=O)N[C@@H](CCCCN)C(=O)O)C(=O)O. The summed E-state index contributed by atoms with van der Waals surface area (Å²) in [5.41, 5.74) is 5.38. The first-order valence-corrected chi connectivity index (χ1v) is 13.1. The van der Waals surface area contributed by atoms with E-state index in [0.717, 1.165) is 0 Å². The molecule has 16 nitrogen and oxygen atoms in total. The van der Waals surface area contributed by atoms with Gasteiger partial charge in [-0.2, -0.15) is 0 Å². The van der Waals surface area contributed by atoms with Crippen molar-refractivity contribution in [2.45, 2.75) is 102 Å². The highest BCUT2D eigenvalue weighted by atomic mass is 16.6. The van der Waals surface area contributed by atoms with E-state index in [2.05, 4.69) is 16.0 Å². The van der Waals surface area contributed by atoms with Gasteiger partial charge >= 0.3 is 11.9 Å². The van der Waals surface area contributed by atoms with Crippen LogP contribution in [0, 0.1) is 5.92 Å². The number of ether oxygens (including phenoxy) is 2. The van der Waals surface area contributed by atoms with Crippen molar-refractivity contribution < 1.29 is 59.0 Å². The Morgan fingerprint density at radius 1 is 0.925 bits per heavy atom. The van der Waals surface area contributed by atoms with Gasteiger partial charge in [0.25, 0.3) is 0 Å². The fourth-order valence-electron chi connectivity index (χ4n) is 3.96. The van der Waals surface area contributed by atoms with Crippen LogP contribution in [0.25, 0.3) is 0 Å². The summed E-state index contributed by atoms with van der Waals surface area (Å²) in [7, 11) is 0. The molecule has 0 aliphatic carbocycles. The summed E-state index contributed by atoms with van der Waals surface area (Å²) in [4.78, 5) is 60.3. The van der Waals surface area contributed by atoms with E-state index in [4.69, 9.17) is 15.2 Å². The molecule has 1 heterocycles. The van der Waals surface area contributed by atoms with Crippen molar-refractivity contribution >= 4 is 29.7 Å². The minimum Gasteiger partial charge on any atom is -0.480 e. The largest absolute Gasteiger partial charge is 0.480 e. The maximum Gasteiger partial charge on any atom is 0.326 e. The van der Waals surface area contributed by atoms with Crippen molar-refractivity contribution in [2.24, 2.45) is 11.7 Å². The average molecular weight is 579 g/mol. The Kier molecular flexibility index (Phi) is 15.0. The van der Waals surface area contributed by atoms with Gasteiger partial charge in [0.15, 0.2) is 6.29 Å². The third kappa shape index (κ3) is 10.9. The van der Waals surface area contributed by atoms with Crippen LogP contribution in [0.5, 0.6) is 0 Å². The second-order valence-corrected chi connectivity index (χ2v) is 9.75. The number of unbranched alkanes of at least 4 members (excludes halogenated alkanes) is 1. The predicted molar refractivity (Wildman–Crippen MR) is 136 cm³/mol.